The van der Waals surface area contributed by atoms with E-state index in [1.54, 1.807) is 24.3 Å². The summed E-state index contributed by atoms with van der Waals surface area (Å²) in [6.45, 7) is 6.17. The largest absolute Gasteiger partial charge is 0.419 e. The average Bonchev–Trinajstić information content (AvgIpc) is 3.32. The summed E-state index contributed by atoms with van der Waals surface area (Å²) in [5, 5.41) is 9.32. The maximum Gasteiger partial charge on any atom is 0.243 e. The molecule has 0 atom stereocenters. The highest BCUT2D eigenvalue weighted by molar-refractivity contribution is 7.89. The van der Waals surface area contributed by atoms with Crippen LogP contribution < -0.4 is 4.90 Å². The Morgan fingerprint density at radius 1 is 1.19 bits per heavy atom. The van der Waals surface area contributed by atoms with Crippen molar-refractivity contribution in [3.63, 3.8) is 0 Å². The van der Waals surface area contributed by atoms with Crippen LogP contribution in [-0.4, -0.2) is 43.9 Å². The number of nitriles is 1. The average molecular weight is 374 g/mol. The van der Waals surface area contributed by atoms with Crippen LogP contribution in [0.15, 0.2) is 33.6 Å². The van der Waals surface area contributed by atoms with E-state index in [9.17, 15) is 13.7 Å². The molecular formula is C18H22N4O3S. The number of sulfonamides is 1. The molecule has 0 bridgehead atoms. The van der Waals surface area contributed by atoms with Gasteiger partial charge in [-0.15, -0.1) is 0 Å². The van der Waals surface area contributed by atoms with Gasteiger partial charge in [-0.2, -0.15) is 14.6 Å². The molecular weight excluding hydrogens is 352 g/mol. The lowest BCUT2D eigenvalue weighted by Gasteiger charge is -2.18. The van der Waals surface area contributed by atoms with Crippen molar-refractivity contribution in [2.45, 2.75) is 31.6 Å². The summed E-state index contributed by atoms with van der Waals surface area (Å²) in [6, 6.07) is 8.51. The molecule has 8 heteroatoms. The molecule has 0 radical (unpaired) electrons. The minimum atomic E-state index is -3.50. The van der Waals surface area contributed by atoms with Gasteiger partial charge in [-0.25, -0.2) is 8.42 Å². The summed E-state index contributed by atoms with van der Waals surface area (Å²) in [5.74, 6) is 0.829. The fourth-order valence-electron chi connectivity index (χ4n) is 3.13. The third kappa shape index (κ3) is 3.32. The first-order valence-corrected chi connectivity index (χ1v) is 10.2. The second kappa shape index (κ2) is 7.48. The smallest absolute Gasteiger partial charge is 0.243 e. The molecule has 0 spiro atoms. The third-order valence-electron chi connectivity index (χ3n) is 4.55. The fourth-order valence-corrected chi connectivity index (χ4v) is 4.58. The Balaban J connectivity index is 1.91. The number of benzene rings is 1. The van der Waals surface area contributed by atoms with Gasteiger partial charge < -0.3 is 9.32 Å². The van der Waals surface area contributed by atoms with E-state index in [1.165, 1.54) is 4.31 Å². The Kier molecular flexibility index (Phi) is 5.30. The number of hydrogen-bond acceptors (Lipinski definition) is 6. The monoisotopic (exact) mass is 374 g/mol. The molecule has 0 amide bonds. The summed E-state index contributed by atoms with van der Waals surface area (Å²) in [5.41, 5.74) is 0.909. The Hall–Kier alpha value is -2.37. The second-order valence-corrected chi connectivity index (χ2v) is 8.03. The van der Waals surface area contributed by atoms with Gasteiger partial charge in [-0.1, -0.05) is 13.8 Å². The van der Waals surface area contributed by atoms with Gasteiger partial charge in [0, 0.05) is 31.7 Å². The minimum absolute atomic E-state index is 0.233. The maximum atomic E-state index is 12.6. The van der Waals surface area contributed by atoms with Crippen LogP contribution in [0.4, 0.5) is 5.88 Å². The number of nitrogens with zero attached hydrogens (tertiary/aromatic N) is 4. The van der Waals surface area contributed by atoms with E-state index in [4.69, 9.17) is 4.42 Å². The van der Waals surface area contributed by atoms with Crippen LogP contribution in [-0.2, 0) is 10.0 Å². The summed E-state index contributed by atoms with van der Waals surface area (Å²) in [6.07, 6.45) is 2.14. The molecule has 26 heavy (non-hydrogen) atoms. The zero-order valence-corrected chi connectivity index (χ0v) is 15.8. The van der Waals surface area contributed by atoms with Crippen molar-refractivity contribution in [2.75, 3.05) is 31.1 Å². The van der Waals surface area contributed by atoms with Crippen molar-refractivity contribution in [1.29, 1.82) is 5.26 Å². The number of anilines is 1. The molecule has 1 aromatic carbocycles. The van der Waals surface area contributed by atoms with Crippen LogP contribution in [0.2, 0.25) is 0 Å². The van der Waals surface area contributed by atoms with Gasteiger partial charge in [-0.3, -0.25) is 0 Å². The minimum Gasteiger partial charge on any atom is -0.419 e. The molecule has 2 aromatic rings. The van der Waals surface area contributed by atoms with Crippen LogP contribution in [0, 0.1) is 11.3 Å². The molecule has 7 nitrogen and oxygen atoms in total. The zero-order chi connectivity index (χ0) is 18.7. The molecule has 1 fully saturated rings. The van der Waals surface area contributed by atoms with Crippen molar-refractivity contribution < 1.29 is 12.8 Å². The highest BCUT2D eigenvalue weighted by Gasteiger charge is 2.24. The number of hydrogen-bond donors (Lipinski definition) is 0. The standard InChI is InChI=1S/C18H22N4O3S/c1-3-22(4-2)26(23,24)15-9-7-14(8-10-15)17-20-16(13-19)18(25-17)21-11-5-6-12-21/h7-10H,3-6,11-12H2,1-2H3. The summed E-state index contributed by atoms with van der Waals surface area (Å²) < 4.78 is 32.3. The first kappa shape index (κ1) is 18.4. The predicted molar refractivity (Wildman–Crippen MR) is 98.2 cm³/mol. The lowest BCUT2D eigenvalue weighted by molar-refractivity contribution is 0.445. The van der Waals surface area contributed by atoms with Crippen molar-refractivity contribution in [1.82, 2.24) is 9.29 Å². The fraction of sp³-hybridized carbons (Fsp3) is 0.444. The van der Waals surface area contributed by atoms with Crippen molar-refractivity contribution >= 4 is 15.9 Å². The van der Waals surface area contributed by atoms with Crippen LogP contribution in [0.5, 0.6) is 0 Å². The molecule has 3 rings (SSSR count). The summed E-state index contributed by atoms with van der Waals surface area (Å²) in [7, 11) is -3.50. The normalized spacial score (nSPS) is 14.8. The summed E-state index contributed by atoms with van der Waals surface area (Å²) in [4.78, 5) is 6.53. The van der Waals surface area contributed by atoms with Gasteiger partial charge in [-0.05, 0) is 37.1 Å². The van der Waals surface area contributed by atoms with E-state index >= 15 is 0 Å². The molecule has 0 unspecified atom stereocenters. The van der Waals surface area contributed by atoms with Gasteiger partial charge in [0.2, 0.25) is 27.5 Å². The van der Waals surface area contributed by atoms with Crippen molar-refractivity contribution in [2.24, 2.45) is 0 Å². The highest BCUT2D eigenvalue weighted by Crippen LogP contribution is 2.30. The number of oxazole rings is 1. The van der Waals surface area contributed by atoms with Crippen LogP contribution in [0.25, 0.3) is 11.5 Å². The first-order valence-electron chi connectivity index (χ1n) is 8.77. The third-order valence-corrected chi connectivity index (χ3v) is 6.62. The van der Waals surface area contributed by atoms with Gasteiger partial charge in [0.05, 0.1) is 4.90 Å². The SMILES string of the molecule is CCN(CC)S(=O)(=O)c1ccc(-c2nc(C#N)c(N3CCCC3)o2)cc1. The quantitative estimate of drug-likeness (QED) is 0.772. The van der Waals surface area contributed by atoms with Gasteiger partial charge in [0.25, 0.3) is 0 Å². The number of aromatic nitrogens is 1. The van der Waals surface area contributed by atoms with E-state index in [0.717, 1.165) is 25.9 Å². The topological polar surface area (TPSA) is 90.4 Å². The van der Waals surface area contributed by atoms with Crippen LogP contribution in [0.1, 0.15) is 32.4 Å². The molecule has 1 saturated heterocycles. The molecule has 1 aliphatic heterocycles. The Labute approximate surface area is 153 Å². The molecule has 1 aromatic heterocycles. The predicted octanol–water partition coefficient (Wildman–Crippen LogP) is 2.84. The molecule has 2 heterocycles. The first-order chi connectivity index (χ1) is 12.5. The Bertz CT molecular complexity index is 903. The van der Waals surface area contributed by atoms with Crippen molar-refractivity contribution in [3.05, 3.63) is 30.0 Å². The van der Waals surface area contributed by atoms with E-state index in [2.05, 4.69) is 11.1 Å². The van der Waals surface area contributed by atoms with E-state index in [0.29, 0.717) is 30.4 Å². The molecule has 0 N–H and O–H groups in total. The molecule has 0 saturated carbocycles. The number of rotatable bonds is 6. The van der Waals surface area contributed by atoms with Gasteiger partial charge in [0.15, 0.2) is 0 Å². The lowest BCUT2D eigenvalue weighted by atomic mass is 10.2. The summed E-state index contributed by atoms with van der Waals surface area (Å²) >= 11 is 0. The maximum absolute atomic E-state index is 12.6. The Morgan fingerprint density at radius 2 is 1.81 bits per heavy atom. The molecule has 1 aliphatic rings. The van der Waals surface area contributed by atoms with Crippen molar-refractivity contribution in [3.8, 4) is 17.5 Å². The second-order valence-electron chi connectivity index (χ2n) is 6.09. The van der Waals surface area contributed by atoms with E-state index in [1.807, 2.05) is 18.7 Å². The Morgan fingerprint density at radius 3 is 2.35 bits per heavy atom. The lowest BCUT2D eigenvalue weighted by Crippen LogP contribution is -2.30. The van der Waals surface area contributed by atoms with Crippen LogP contribution in [0.3, 0.4) is 0 Å². The van der Waals surface area contributed by atoms with E-state index < -0.39 is 10.0 Å². The zero-order valence-electron chi connectivity index (χ0n) is 15.0. The molecule has 138 valence electrons. The van der Waals surface area contributed by atoms with Crippen LogP contribution >= 0.6 is 0 Å². The highest BCUT2D eigenvalue weighted by atomic mass is 32.2. The molecule has 0 aliphatic carbocycles. The van der Waals surface area contributed by atoms with E-state index in [-0.39, 0.29) is 10.6 Å². The van der Waals surface area contributed by atoms with Gasteiger partial charge in [0.1, 0.15) is 6.07 Å². The van der Waals surface area contributed by atoms with Gasteiger partial charge >= 0.3 is 0 Å².